The number of hydrogen-bond donors (Lipinski definition) is 0. The molecule has 0 heterocycles. The van der Waals surface area contributed by atoms with Crippen LogP contribution >= 0.6 is 0 Å². The maximum Gasteiger partial charge on any atom is 0.304 e. The van der Waals surface area contributed by atoms with E-state index in [-0.39, 0.29) is 17.4 Å². The van der Waals surface area contributed by atoms with E-state index in [1.807, 2.05) is 13.8 Å². The number of nitrogens with zero attached hydrogens (tertiary/aromatic N) is 2. The third-order valence-electron chi connectivity index (χ3n) is 2.83. The summed E-state index contributed by atoms with van der Waals surface area (Å²) in [6, 6.07) is 3.18. The van der Waals surface area contributed by atoms with Crippen molar-refractivity contribution in [2.45, 2.75) is 13.8 Å². The first-order chi connectivity index (χ1) is 9.86. The lowest BCUT2D eigenvalue weighted by atomic mass is 10.1. The van der Waals surface area contributed by atoms with E-state index in [0.29, 0.717) is 19.7 Å². The van der Waals surface area contributed by atoms with Crippen molar-refractivity contribution in [3.63, 3.8) is 0 Å². The second-order valence-electron chi connectivity index (χ2n) is 5.06. The average Bonchev–Trinajstić information content (AvgIpc) is 2.41. The van der Waals surface area contributed by atoms with Crippen molar-refractivity contribution in [3.05, 3.63) is 39.7 Å². The molecule has 0 spiro atoms. The zero-order chi connectivity index (χ0) is 16.0. The van der Waals surface area contributed by atoms with Crippen LogP contribution in [0.15, 0.2) is 18.2 Å². The largest absolute Gasteiger partial charge is 0.383 e. The first kappa shape index (κ1) is 17.0. The van der Waals surface area contributed by atoms with Crippen LogP contribution in [0, 0.1) is 21.8 Å². The van der Waals surface area contributed by atoms with Crippen LogP contribution in [0.5, 0.6) is 0 Å². The van der Waals surface area contributed by atoms with Crippen LogP contribution in [-0.2, 0) is 4.74 Å². The van der Waals surface area contributed by atoms with E-state index >= 15 is 0 Å². The zero-order valence-electron chi connectivity index (χ0n) is 12.3. The summed E-state index contributed by atoms with van der Waals surface area (Å²) in [5, 5.41) is 10.6. The fraction of sp³-hybridized carbons (Fsp3) is 0.500. The van der Waals surface area contributed by atoms with Crippen LogP contribution in [0.3, 0.4) is 0 Å². The average molecular weight is 298 g/mol. The number of benzene rings is 1. The Morgan fingerprint density at radius 3 is 2.62 bits per heavy atom. The third kappa shape index (κ3) is 4.78. The summed E-state index contributed by atoms with van der Waals surface area (Å²) in [6.45, 7) is 5.17. The molecule has 21 heavy (non-hydrogen) atoms. The number of rotatable bonds is 7. The van der Waals surface area contributed by atoms with Crippen LogP contribution in [-0.4, -0.2) is 42.5 Å². The summed E-state index contributed by atoms with van der Waals surface area (Å²) in [4.78, 5) is 23.7. The predicted octanol–water partition coefficient (Wildman–Crippen LogP) is 2.48. The molecule has 0 unspecified atom stereocenters. The van der Waals surface area contributed by atoms with E-state index in [4.69, 9.17) is 4.74 Å². The molecule has 116 valence electrons. The van der Waals surface area contributed by atoms with Crippen molar-refractivity contribution in [1.82, 2.24) is 4.90 Å². The summed E-state index contributed by atoms with van der Waals surface area (Å²) in [5.41, 5.74) is -0.547. The lowest BCUT2D eigenvalue weighted by Crippen LogP contribution is -2.36. The van der Waals surface area contributed by atoms with Gasteiger partial charge in [0.05, 0.1) is 11.5 Å². The maximum atomic E-state index is 13.6. The van der Waals surface area contributed by atoms with Crippen molar-refractivity contribution < 1.29 is 18.8 Å². The lowest BCUT2D eigenvalue weighted by molar-refractivity contribution is -0.387. The molecule has 0 aliphatic heterocycles. The van der Waals surface area contributed by atoms with E-state index in [0.717, 1.165) is 12.1 Å². The highest BCUT2D eigenvalue weighted by atomic mass is 19.1. The molecule has 1 aromatic carbocycles. The number of hydrogen-bond acceptors (Lipinski definition) is 4. The maximum absolute atomic E-state index is 13.6. The van der Waals surface area contributed by atoms with Gasteiger partial charge < -0.3 is 9.64 Å². The van der Waals surface area contributed by atoms with Gasteiger partial charge in [0, 0.05) is 31.8 Å². The Morgan fingerprint density at radius 1 is 1.48 bits per heavy atom. The quantitative estimate of drug-likeness (QED) is 0.572. The summed E-state index contributed by atoms with van der Waals surface area (Å²) >= 11 is 0. The van der Waals surface area contributed by atoms with E-state index in [1.165, 1.54) is 13.2 Å². The second kappa shape index (κ2) is 7.68. The molecule has 1 aromatic rings. The molecule has 7 heteroatoms. The zero-order valence-corrected chi connectivity index (χ0v) is 12.3. The topological polar surface area (TPSA) is 72.7 Å². The molecule has 0 aliphatic carbocycles. The van der Waals surface area contributed by atoms with Crippen LogP contribution in [0.1, 0.15) is 24.2 Å². The highest BCUT2D eigenvalue weighted by Gasteiger charge is 2.21. The predicted molar refractivity (Wildman–Crippen MR) is 75.7 cm³/mol. The van der Waals surface area contributed by atoms with Crippen molar-refractivity contribution in [3.8, 4) is 0 Å². The molecule has 0 aromatic heterocycles. The van der Waals surface area contributed by atoms with Crippen molar-refractivity contribution in [2.24, 2.45) is 5.92 Å². The molecule has 0 fully saturated rings. The summed E-state index contributed by atoms with van der Waals surface area (Å²) in [6.07, 6.45) is 0. The molecule has 0 atom stereocenters. The minimum Gasteiger partial charge on any atom is -0.383 e. The molecule has 1 amide bonds. The van der Waals surface area contributed by atoms with Crippen molar-refractivity contribution in [1.29, 1.82) is 0 Å². The van der Waals surface area contributed by atoms with Crippen molar-refractivity contribution >= 4 is 11.6 Å². The van der Waals surface area contributed by atoms with Gasteiger partial charge in [-0.05, 0) is 18.1 Å². The Morgan fingerprint density at radius 2 is 2.14 bits per heavy atom. The first-order valence-electron chi connectivity index (χ1n) is 6.59. The number of carbonyl (C=O) groups excluding carboxylic acids is 1. The molecule has 1 rings (SSSR count). The van der Waals surface area contributed by atoms with E-state index in [1.54, 1.807) is 4.90 Å². The van der Waals surface area contributed by atoms with Crippen LogP contribution < -0.4 is 0 Å². The monoisotopic (exact) mass is 298 g/mol. The number of methoxy groups -OCH3 is 1. The highest BCUT2D eigenvalue weighted by molar-refractivity contribution is 5.94. The second-order valence-corrected chi connectivity index (χ2v) is 5.06. The summed E-state index contributed by atoms with van der Waals surface area (Å²) < 4.78 is 18.6. The Hall–Kier alpha value is -2.02. The molecule has 0 saturated heterocycles. The van der Waals surface area contributed by atoms with Crippen LogP contribution in [0.25, 0.3) is 0 Å². The molecule has 0 aliphatic rings. The van der Waals surface area contributed by atoms with Gasteiger partial charge in [-0.2, -0.15) is 4.39 Å². The molecule has 0 radical (unpaired) electrons. The minimum absolute atomic E-state index is 0.0925. The molecule has 0 bridgehead atoms. The van der Waals surface area contributed by atoms with Gasteiger partial charge in [0.25, 0.3) is 5.91 Å². The summed E-state index contributed by atoms with van der Waals surface area (Å²) in [5.74, 6) is -1.13. The number of nitro benzene ring substituents is 1. The first-order valence-corrected chi connectivity index (χ1v) is 6.59. The molecular weight excluding hydrogens is 279 g/mol. The van der Waals surface area contributed by atoms with Gasteiger partial charge >= 0.3 is 5.69 Å². The number of halogens is 1. The molecule has 6 nitrogen and oxygen atoms in total. The SMILES string of the molecule is COCCN(CC(C)C)C(=O)c1ccc([N+](=O)[O-])c(F)c1. The fourth-order valence-corrected chi connectivity index (χ4v) is 1.89. The van der Waals surface area contributed by atoms with Gasteiger partial charge in [-0.1, -0.05) is 13.8 Å². The number of carbonyl (C=O) groups is 1. The molecule has 0 saturated carbocycles. The van der Waals surface area contributed by atoms with E-state index in [9.17, 15) is 19.3 Å². The third-order valence-corrected chi connectivity index (χ3v) is 2.83. The van der Waals surface area contributed by atoms with E-state index < -0.39 is 16.4 Å². The number of amides is 1. The van der Waals surface area contributed by atoms with Crippen LogP contribution in [0.4, 0.5) is 10.1 Å². The standard InChI is InChI=1S/C14H19FN2O4/c1-10(2)9-16(6-7-21-3)14(18)11-4-5-13(17(19)20)12(15)8-11/h4-5,8,10H,6-7,9H2,1-3H3. The van der Waals surface area contributed by atoms with Gasteiger partial charge in [-0.3, -0.25) is 14.9 Å². The Kier molecular flexibility index (Phi) is 6.23. The van der Waals surface area contributed by atoms with Gasteiger partial charge in [-0.25, -0.2) is 0 Å². The summed E-state index contributed by atoms with van der Waals surface area (Å²) in [7, 11) is 1.53. The van der Waals surface area contributed by atoms with Gasteiger partial charge in [-0.15, -0.1) is 0 Å². The van der Waals surface area contributed by atoms with E-state index in [2.05, 4.69) is 0 Å². The van der Waals surface area contributed by atoms with Gasteiger partial charge in [0.1, 0.15) is 0 Å². The van der Waals surface area contributed by atoms with Gasteiger partial charge in [0.15, 0.2) is 0 Å². The highest BCUT2D eigenvalue weighted by Crippen LogP contribution is 2.19. The number of nitro groups is 1. The smallest absolute Gasteiger partial charge is 0.304 e. The Balaban J connectivity index is 2.97. The van der Waals surface area contributed by atoms with Crippen LogP contribution in [0.2, 0.25) is 0 Å². The minimum atomic E-state index is -1.01. The van der Waals surface area contributed by atoms with Crippen molar-refractivity contribution in [2.75, 3.05) is 26.8 Å². The normalized spacial score (nSPS) is 10.7. The van der Waals surface area contributed by atoms with Gasteiger partial charge in [0.2, 0.25) is 5.82 Å². The Bertz CT molecular complexity index is 520. The number of ether oxygens (including phenoxy) is 1. The molecule has 0 N–H and O–H groups in total. The lowest BCUT2D eigenvalue weighted by Gasteiger charge is -2.24. The Labute approximate surface area is 122 Å². The fourth-order valence-electron chi connectivity index (χ4n) is 1.89. The molecular formula is C14H19FN2O4.